The first-order chi connectivity index (χ1) is 8.99. The maximum atomic E-state index is 12.0. The predicted molar refractivity (Wildman–Crippen MR) is 73.5 cm³/mol. The van der Waals surface area contributed by atoms with E-state index in [1.54, 1.807) is 18.9 Å². The summed E-state index contributed by atoms with van der Waals surface area (Å²) in [6.07, 6.45) is 2.42. The molecule has 1 fully saturated rings. The summed E-state index contributed by atoms with van der Waals surface area (Å²) in [4.78, 5) is 26.9. The first-order valence-electron chi connectivity index (χ1n) is 7.09. The molecule has 0 aromatic carbocycles. The monoisotopic (exact) mass is 270 g/mol. The molecule has 2 unspecified atom stereocenters. The molecule has 0 aromatic heterocycles. The lowest BCUT2D eigenvalue weighted by atomic mass is 9.81. The van der Waals surface area contributed by atoms with Crippen LogP contribution in [0.3, 0.4) is 0 Å². The fraction of sp³-hybridized carbons (Fsp3) is 0.857. The Kier molecular flexibility index (Phi) is 6.28. The van der Waals surface area contributed by atoms with Gasteiger partial charge in [0.25, 0.3) is 0 Å². The molecule has 1 heterocycles. The van der Waals surface area contributed by atoms with Gasteiger partial charge in [0, 0.05) is 40.0 Å². The molecule has 1 aliphatic heterocycles. The fourth-order valence-electron chi connectivity index (χ4n) is 2.75. The Morgan fingerprint density at radius 3 is 2.58 bits per heavy atom. The highest BCUT2D eigenvalue weighted by molar-refractivity contribution is 5.76. The molecule has 5 nitrogen and oxygen atoms in total. The van der Waals surface area contributed by atoms with Crippen molar-refractivity contribution in [1.29, 1.82) is 0 Å². The van der Waals surface area contributed by atoms with E-state index in [2.05, 4.69) is 6.92 Å². The molecule has 0 aliphatic carbocycles. The minimum absolute atomic E-state index is 0.00221. The highest BCUT2D eigenvalue weighted by Gasteiger charge is 2.31. The zero-order valence-electron chi connectivity index (χ0n) is 12.3. The molecular formula is C14H26N2O3. The Hall–Kier alpha value is -1.10. The average Bonchev–Trinajstić information content (AvgIpc) is 2.39. The summed E-state index contributed by atoms with van der Waals surface area (Å²) in [6, 6.07) is 0. The quantitative estimate of drug-likeness (QED) is 0.801. The molecule has 110 valence electrons. The van der Waals surface area contributed by atoms with Gasteiger partial charge in [-0.05, 0) is 18.3 Å². The van der Waals surface area contributed by atoms with Gasteiger partial charge in [-0.15, -0.1) is 0 Å². The Labute approximate surface area is 115 Å². The van der Waals surface area contributed by atoms with Crippen LogP contribution in [0.4, 0.5) is 0 Å². The lowest BCUT2D eigenvalue weighted by Gasteiger charge is -2.38. The van der Waals surface area contributed by atoms with E-state index < -0.39 is 0 Å². The molecule has 19 heavy (non-hydrogen) atoms. The van der Waals surface area contributed by atoms with Crippen molar-refractivity contribution in [3.05, 3.63) is 0 Å². The highest BCUT2D eigenvalue weighted by atomic mass is 16.3. The van der Waals surface area contributed by atoms with Gasteiger partial charge in [-0.3, -0.25) is 9.59 Å². The summed E-state index contributed by atoms with van der Waals surface area (Å²) in [5.74, 6) is 0.979. The number of hydrogen-bond donors (Lipinski definition) is 1. The molecule has 1 saturated heterocycles. The number of aliphatic hydroxyl groups is 1. The second-order valence-electron chi connectivity index (χ2n) is 5.43. The number of rotatable bonds is 5. The summed E-state index contributed by atoms with van der Waals surface area (Å²) in [5.41, 5.74) is 0. The van der Waals surface area contributed by atoms with Crippen molar-refractivity contribution in [1.82, 2.24) is 9.80 Å². The van der Waals surface area contributed by atoms with Gasteiger partial charge in [-0.2, -0.15) is 0 Å². The van der Waals surface area contributed by atoms with Gasteiger partial charge in [-0.1, -0.05) is 13.3 Å². The second-order valence-corrected chi connectivity index (χ2v) is 5.43. The van der Waals surface area contributed by atoms with Gasteiger partial charge in [0.1, 0.15) is 0 Å². The Morgan fingerprint density at radius 1 is 1.37 bits per heavy atom. The van der Waals surface area contributed by atoms with Gasteiger partial charge in [-0.25, -0.2) is 0 Å². The summed E-state index contributed by atoms with van der Waals surface area (Å²) in [7, 11) is 1.73. The van der Waals surface area contributed by atoms with Crippen molar-refractivity contribution in [3.63, 3.8) is 0 Å². The van der Waals surface area contributed by atoms with Gasteiger partial charge < -0.3 is 14.9 Å². The van der Waals surface area contributed by atoms with Crippen LogP contribution in [0, 0.1) is 11.8 Å². The maximum Gasteiger partial charge on any atom is 0.222 e. The molecule has 5 heteroatoms. The third kappa shape index (κ3) is 4.49. The van der Waals surface area contributed by atoms with E-state index in [1.165, 1.54) is 0 Å². The van der Waals surface area contributed by atoms with E-state index in [-0.39, 0.29) is 18.4 Å². The lowest BCUT2D eigenvalue weighted by Crippen LogP contribution is -2.44. The standard InChI is InChI=1S/C14H26N2O3/c1-4-12-10-16(11(2)18)6-5-13(12)9-14(19)15(3)7-8-17/h12-13,17H,4-10H2,1-3H3. The van der Waals surface area contributed by atoms with Crippen LogP contribution in [0.1, 0.15) is 33.1 Å². The summed E-state index contributed by atoms with van der Waals surface area (Å²) >= 11 is 0. The molecule has 2 amide bonds. The van der Waals surface area contributed by atoms with Gasteiger partial charge in [0.2, 0.25) is 11.8 Å². The van der Waals surface area contributed by atoms with Gasteiger partial charge in [0.15, 0.2) is 0 Å². The van der Waals surface area contributed by atoms with Crippen molar-refractivity contribution in [2.45, 2.75) is 33.1 Å². The molecule has 0 spiro atoms. The number of hydrogen-bond acceptors (Lipinski definition) is 3. The third-order valence-electron chi connectivity index (χ3n) is 4.16. The fourth-order valence-corrected chi connectivity index (χ4v) is 2.75. The number of nitrogens with zero attached hydrogens (tertiary/aromatic N) is 2. The maximum absolute atomic E-state index is 12.0. The van der Waals surface area contributed by atoms with E-state index in [0.29, 0.717) is 24.8 Å². The van der Waals surface area contributed by atoms with Crippen molar-refractivity contribution in [3.8, 4) is 0 Å². The number of aliphatic hydroxyl groups excluding tert-OH is 1. The van der Waals surface area contributed by atoms with Gasteiger partial charge >= 0.3 is 0 Å². The van der Waals surface area contributed by atoms with Crippen molar-refractivity contribution < 1.29 is 14.7 Å². The first-order valence-corrected chi connectivity index (χ1v) is 7.09. The van der Waals surface area contributed by atoms with E-state index in [4.69, 9.17) is 5.11 Å². The minimum atomic E-state index is 0.00221. The number of likely N-dealkylation sites (tertiary alicyclic amines) is 1. The topological polar surface area (TPSA) is 60.9 Å². The number of amides is 2. The van der Waals surface area contributed by atoms with Crippen LogP contribution in [0.2, 0.25) is 0 Å². The largest absolute Gasteiger partial charge is 0.395 e. The molecule has 0 bridgehead atoms. The zero-order valence-corrected chi connectivity index (χ0v) is 12.3. The van der Waals surface area contributed by atoms with E-state index in [9.17, 15) is 9.59 Å². The van der Waals surface area contributed by atoms with Crippen molar-refractivity contribution >= 4 is 11.8 Å². The summed E-state index contributed by atoms with van der Waals surface area (Å²) in [5, 5.41) is 8.85. The predicted octanol–water partition coefficient (Wildman–Crippen LogP) is 0.722. The average molecular weight is 270 g/mol. The first kappa shape index (κ1) is 16.0. The summed E-state index contributed by atoms with van der Waals surface area (Å²) in [6.45, 7) is 5.64. The van der Waals surface area contributed by atoms with Crippen LogP contribution in [0.5, 0.6) is 0 Å². The Bertz CT molecular complexity index is 320. The smallest absolute Gasteiger partial charge is 0.222 e. The van der Waals surface area contributed by atoms with E-state index >= 15 is 0 Å². The zero-order chi connectivity index (χ0) is 14.4. The van der Waals surface area contributed by atoms with Gasteiger partial charge in [0.05, 0.1) is 6.61 Å². The molecular weight excluding hydrogens is 244 g/mol. The molecule has 1 aliphatic rings. The minimum Gasteiger partial charge on any atom is -0.395 e. The highest BCUT2D eigenvalue weighted by Crippen LogP contribution is 2.29. The van der Waals surface area contributed by atoms with Crippen molar-refractivity contribution in [2.24, 2.45) is 11.8 Å². The number of piperidine rings is 1. The third-order valence-corrected chi connectivity index (χ3v) is 4.16. The van der Waals surface area contributed by atoms with Crippen LogP contribution in [0.25, 0.3) is 0 Å². The SMILES string of the molecule is CCC1CN(C(C)=O)CCC1CC(=O)N(C)CCO. The van der Waals surface area contributed by atoms with Crippen LogP contribution in [-0.4, -0.2) is 60.0 Å². The molecule has 2 atom stereocenters. The van der Waals surface area contributed by atoms with Crippen LogP contribution in [0.15, 0.2) is 0 Å². The van der Waals surface area contributed by atoms with Crippen LogP contribution < -0.4 is 0 Å². The second kappa shape index (κ2) is 7.48. The number of likely N-dealkylation sites (N-methyl/N-ethyl adjacent to an activating group) is 1. The molecule has 0 saturated carbocycles. The van der Waals surface area contributed by atoms with E-state index in [1.807, 2.05) is 4.90 Å². The lowest BCUT2D eigenvalue weighted by molar-refractivity contribution is -0.134. The normalized spacial score (nSPS) is 23.3. The summed E-state index contributed by atoms with van der Waals surface area (Å²) < 4.78 is 0. The molecule has 0 aromatic rings. The van der Waals surface area contributed by atoms with Crippen molar-refractivity contribution in [2.75, 3.05) is 33.3 Å². The Balaban J connectivity index is 2.54. The number of carbonyl (C=O) groups excluding carboxylic acids is 2. The van der Waals surface area contributed by atoms with Crippen LogP contribution in [-0.2, 0) is 9.59 Å². The Morgan fingerprint density at radius 2 is 2.05 bits per heavy atom. The van der Waals surface area contributed by atoms with E-state index in [0.717, 1.165) is 25.9 Å². The molecule has 1 rings (SSSR count). The molecule has 1 N–H and O–H groups in total. The number of carbonyl (C=O) groups is 2. The molecule has 0 radical (unpaired) electrons. The van der Waals surface area contributed by atoms with Crippen LogP contribution >= 0.6 is 0 Å².